The Labute approximate surface area is 135 Å². The zero-order valence-corrected chi connectivity index (χ0v) is 13.2. The van der Waals surface area contributed by atoms with Gasteiger partial charge in [0, 0.05) is 23.5 Å². The molecule has 1 aliphatic heterocycles. The standard InChI is InChI=1S/C16H15F3N2OS/c1-10(12-5-3-9-23-12)13(16(17,18)19)15(22)21-8-6-11-4-2-7-20-14(11)21/h2-5,7,9-10,13H,6,8H2,1H3/t10-,13+/m1/s1. The van der Waals surface area contributed by atoms with Gasteiger partial charge in [-0.05, 0) is 29.5 Å². The first kappa shape index (κ1) is 16.0. The average molecular weight is 340 g/mol. The van der Waals surface area contributed by atoms with Crippen LogP contribution in [0, 0.1) is 5.92 Å². The van der Waals surface area contributed by atoms with Gasteiger partial charge in [0.1, 0.15) is 11.7 Å². The molecule has 0 fully saturated rings. The highest BCUT2D eigenvalue weighted by atomic mass is 32.1. The molecule has 2 aromatic rings. The van der Waals surface area contributed by atoms with Crippen molar-refractivity contribution in [3.05, 3.63) is 46.3 Å². The van der Waals surface area contributed by atoms with E-state index in [1.165, 1.54) is 29.4 Å². The van der Waals surface area contributed by atoms with Gasteiger partial charge in [-0.2, -0.15) is 13.2 Å². The lowest BCUT2D eigenvalue weighted by molar-refractivity contribution is -0.184. The van der Waals surface area contributed by atoms with Crippen LogP contribution in [0.4, 0.5) is 19.0 Å². The van der Waals surface area contributed by atoms with Gasteiger partial charge in [-0.15, -0.1) is 11.3 Å². The van der Waals surface area contributed by atoms with E-state index in [4.69, 9.17) is 0 Å². The molecule has 0 radical (unpaired) electrons. The van der Waals surface area contributed by atoms with Gasteiger partial charge in [0.2, 0.25) is 5.91 Å². The summed E-state index contributed by atoms with van der Waals surface area (Å²) in [5.41, 5.74) is 0.811. The van der Waals surface area contributed by atoms with Crippen molar-refractivity contribution in [3.63, 3.8) is 0 Å². The average Bonchev–Trinajstić information content (AvgIpc) is 3.15. The lowest BCUT2D eigenvalue weighted by Crippen LogP contribution is -2.44. The van der Waals surface area contributed by atoms with Crippen molar-refractivity contribution < 1.29 is 18.0 Å². The Balaban J connectivity index is 1.94. The fourth-order valence-electron chi connectivity index (χ4n) is 2.94. The van der Waals surface area contributed by atoms with Crippen LogP contribution in [0.1, 0.15) is 23.3 Å². The van der Waals surface area contributed by atoms with Crippen LogP contribution in [-0.4, -0.2) is 23.6 Å². The number of halogens is 3. The smallest absolute Gasteiger partial charge is 0.296 e. The molecule has 2 atom stereocenters. The van der Waals surface area contributed by atoms with Crippen molar-refractivity contribution in [2.75, 3.05) is 11.4 Å². The monoisotopic (exact) mass is 340 g/mol. The fourth-order valence-corrected chi connectivity index (χ4v) is 3.76. The minimum atomic E-state index is -4.60. The van der Waals surface area contributed by atoms with Gasteiger partial charge in [0.05, 0.1) is 0 Å². The van der Waals surface area contributed by atoms with Crippen molar-refractivity contribution in [2.45, 2.75) is 25.4 Å². The zero-order chi connectivity index (χ0) is 16.6. The van der Waals surface area contributed by atoms with E-state index in [1.807, 2.05) is 0 Å². The number of nitrogens with zero attached hydrogens (tertiary/aromatic N) is 2. The van der Waals surface area contributed by atoms with Gasteiger partial charge in [-0.3, -0.25) is 9.69 Å². The first-order valence-corrected chi connectivity index (χ1v) is 8.13. The first-order valence-electron chi connectivity index (χ1n) is 7.25. The van der Waals surface area contributed by atoms with Gasteiger partial charge in [0.15, 0.2) is 0 Å². The third-order valence-electron chi connectivity index (χ3n) is 4.10. The molecule has 122 valence electrons. The van der Waals surface area contributed by atoms with E-state index in [0.29, 0.717) is 17.1 Å². The molecular formula is C16H15F3N2OS. The second kappa shape index (κ2) is 5.96. The third kappa shape index (κ3) is 2.97. The van der Waals surface area contributed by atoms with E-state index in [0.717, 1.165) is 5.56 Å². The van der Waals surface area contributed by atoms with Crippen molar-refractivity contribution in [3.8, 4) is 0 Å². The van der Waals surface area contributed by atoms with Crippen LogP contribution >= 0.6 is 11.3 Å². The Bertz CT molecular complexity index is 700. The molecule has 3 heterocycles. The summed E-state index contributed by atoms with van der Waals surface area (Å²) < 4.78 is 40.7. The predicted molar refractivity (Wildman–Crippen MR) is 82.6 cm³/mol. The van der Waals surface area contributed by atoms with Crippen molar-refractivity contribution >= 4 is 23.1 Å². The number of thiophene rings is 1. The number of hydrogen-bond donors (Lipinski definition) is 0. The van der Waals surface area contributed by atoms with Crippen LogP contribution in [0.2, 0.25) is 0 Å². The van der Waals surface area contributed by atoms with E-state index in [-0.39, 0.29) is 6.54 Å². The number of anilines is 1. The Morgan fingerprint density at radius 1 is 1.35 bits per heavy atom. The van der Waals surface area contributed by atoms with Gasteiger partial charge >= 0.3 is 6.18 Å². The molecule has 7 heteroatoms. The van der Waals surface area contributed by atoms with E-state index in [2.05, 4.69) is 4.98 Å². The number of carbonyl (C=O) groups excluding carboxylic acids is 1. The summed E-state index contributed by atoms with van der Waals surface area (Å²) in [6.07, 6.45) is -2.57. The number of alkyl halides is 3. The van der Waals surface area contributed by atoms with Gasteiger partial charge in [0.25, 0.3) is 0 Å². The molecule has 3 nitrogen and oxygen atoms in total. The fraction of sp³-hybridized carbons (Fsp3) is 0.375. The van der Waals surface area contributed by atoms with Crippen LogP contribution < -0.4 is 4.90 Å². The first-order chi connectivity index (χ1) is 10.9. The summed E-state index contributed by atoms with van der Waals surface area (Å²) in [4.78, 5) is 18.5. The maximum atomic E-state index is 13.6. The molecule has 0 bridgehead atoms. The zero-order valence-electron chi connectivity index (χ0n) is 12.4. The van der Waals surface area contributed by atoms with Crippen LogP contribution in [0.3, 0.4) is 0 Å². The van der Waals surface area contributed by atoms with Crippen LogP contribution in [0.5, 0.6) is 0 Å². The number of rotatable bonds is 3. The molecule has 0 saturated carbocycles. The largest absolute Gasteiger partial charge is 0.401 e. The van der Waals surface area contributed by atoms with E-state index in [9.17, 15) is 18.0 Å². The van der Waals surface area contributed by atoms with Gasteiger partial charge in [-0.1, -0.05) is 19.1 Å². The lowest BCUT2D eigenvalue weighted by atomic mass is 9.90. The Hall–Kier alpha value is -1.89. The van der Waals surface area contributed by atoms with Crippen molar-refractivity contribution in [1.82, 2.24) is 4.98 Å². The highest BCUT2D eigenvalue weighted by molar-refractivity contribution is 7.10. The van der Waals surface area contributed by atoms with Crippen LogP contribution in [-0.2, 0) is 11.2 Å². The van der Waals surface area contributed by atoms with E-state index < -0.39 is 23.9 Å². The molecule has 3 rings (SSSR count). The molecule has 2 aromatic heterocycles. The number of amides is 1. The number of pyridine rings is 1. The van der Waals surface area contributed by atoms with Gasteiger partial charge in [-0.25, -0.2) is 4.98 Å². The number of hydrogen-bond acceptors (Lipinski definition) is 3. The minimum Gasteiger partial charge on any atom is -0.296 e. The summed E-state index contributed by atoms with van der Waals surface area (Å²) in [7, 11) is 0. The van der Waals surface area contributed by atoms with Crippen LogP contribution in [0.15, 0.2) is 35.8 Å². The second-order valence-corrected chi connectivity index (χ2v) is 6.53. The summed E-state index contributed by atoms with van der Waals surface area (Å²) in [6, 6.07) is 6.85. The predicted octanol–water partition coefficient (Wildman–Crippen LogP) is 4.01. The Morgan fingerprint density at radius 3 is 2.78 bits per heavy atom. The molecule has 0 saturated heterocycles. The molecule has 0 aromatic carbocycles. The third-order valence-corrected chi connectivity index (χ3v) is 5.18. The normalized spacial score (nSPS) is 17.0. The minimum absolute atomic E-state index is 0.245. The quantitative estimate of drug-likeness (QED) is 0.846. The summed E-state index contributed by atoms with van der Waals surface area (Å²) in [5.74, 6) is -3.55. The molecule has 23 heavy (non-hydrogen) atoms. The topological polar surface area (TPSA) is 33.2 Å². The molecule has 0 unspecified atom stereocenters. The maximum absolute atomic E-state index is 13.6. The number of fused-ring (bicyclic) bond motifs is 1. The Morgan fingerprint density at radius 2 is 2.13 bits per heavy atom. The molecule has 1 aliphatic rings. The molecule has 0 spiro atoms. The second-order valence-electron chi connectivity index (χ2n) is 5.55. The summed E-state index contributed by atoms with van der Waals surface area (Å²) in [6.45, 7) is 1.70. The molecule has 0 N–H and O–H groups in total. The van der Waals surface area contributed by atoms with Gasteiger partial charge < -0.3 is 0 Å². The summed E-state index contributed by atoms with van der Waals surface area (Å²) >= 11 is 1.23. The van der Waals surface area contributed by atoms with Crippen molar-refractivity contribution in [1.29, 1.82) is 0 Å². The molecule has 1 amide bonds. The van der Waals surface area contributed by atoms with E-state index in [1.54, 1.807) is 29.6 Å². The number of carbonyl (C=O) groups is 1. The van der Waals surface area contributed by atoms with Crippen LogP contribution in [0.25, 0.3) is 0 Å². The van der Waals surface area contributed by atoms with E-state index >= 15 is 0 Å². The highest BCUT2D eigenvalue weighted by Gasteiger charge is 2.51. The van der Waals surface area contributed by atoms with Crippen molar-refractivity contribution in [2.24, 2.45) is 5.92 Å². The number of aromatic nitrogens is 1. The molecule has 0 aliphatic carbocycles. The lowest BCUT2D eigenvalue weighted by Gasteiger charge is -2.28. The maximum Gasteiger partial charge on any atom is 0.401 e. The molecular weight excluding hydrogens is 325 g/mol. The Kier molecular flexibility index (Phi) is 4.14. The highest BCUT2D eigenvalue weighted by Crippen LogP contribution is 2.41. The summed E-state index contributed by atoms with van der Waals surface area (Å²) in [5, 5.41) is 1.72. The SMILES string of the molecule is C[C@H](c1cccs1)[C@@H](C(=O)N1CCc2cccnc21)C(F)(F)F.